The average Bonchev–Trinajstić information content (AvgIpc) is 3.29. The molecule has 0 atom stereocenters. The number of ether oxygens (including phenoxy) is 1. The van der Waals surface area contributed by atoms with Crippen LogP contribution in [0.2, 0.25) is 0 Å². The lowest BCUT2D eigenvalue weighted by Crippen LogP contribution is -2.43. The Morgan fingerprint density at radius 3 is 2.71 bits per heavy atom. The Bertz CT molecular complexity index is 646. The number of nitrogens with zero attached hydrogens (tertiary/aromatic N) is 1. The molecule has 1 N–H and O–H groups in total. The number of carbonyl (C=O) groups is 2. The molecular weight excluding hydrogens is 304 g/mol. The van der Waals surface area contributed by atoms with Crippen LogP contribution in [0.4, 0.5) is 0 Å². The van der Waals surface area contributed by atoms with E-state index in [4.69, 9.17) is 4.74 Å². The Morgan fingerprint density at radius 2 is 1.96 bits per heavy atom. The molecule has 0 aromatic heterocycles. The van der Waals surface area contributed by atoms with Gasteiger partial charge in [-0.2, -0.15) is 0 Å². The number of hydrogen-bond acceptors (Lipinski definition) is 3. The highest BCUT2D eigenvalue weighted by Gasteiger charge is 2.31. The molecule has 0 unspecified atom stereocenters. The highest BCUT2D eigenvalue weighted by Crippen LogP contribution is 2.27. The first-order valence-electron chi connectivity index (χ1n) is 9.02. The fourth-order valence-electron chi connectivity index (χ4n) is 3.57. The minimum atomic E-state index is 0.0757. The van der Waals surface area contributed by atoms with Crippen LogP contribution in [0.1, 0.15) is 36.8 Å². The van der Waals surface area contributed by atoms with Gasteiger partial charge >= 0.3 is 0 Å². The molecule has 24 heavy (non-hydrogen) atoms. The van der Waals surface area contributed by atoms with Gasteiger partial charge in [-0.1, -0.05) is 12.1 Å². The third-order valence-electron chi connectivity index (χ3n) is 5.25. The molecule has 0 radical (unpaired) electrons. The fourth-order valence-corrected chi connectivity index (χ4v) is 3.57. The SMILES string of the molecule is O=C(NC1CC1)C1CCN(C(=O)Cc2ccc3c(c2)CCO3)CC1. The molecule has 1 saturated carbocycles. The van der Waals surface area contributed by atoms with Gasteiger partial charge in [0.15, 0.2) is 0 Å². The lowest BCUT2D eigenvalue weighted by Gasteiger charge is -2.31. The molecule has 5 nitrogen and oxygen atoms in total. The summed E-state index contributed by atoms with van der Waals surface area (Å²) in [5.41, 5.74) is 2.26. The third-order valence-corrected chi connectivity index (χ3v) is 5.25. The number of fused-ring (bicyclic) bond motifs is 1. The van der Waals surface area contributed by atoms with Gasteiger partial charge in [0.2, 0.25) is 11.8 Å². The second-order valence-electron chi connectivity index (χ2n) is 7.16. The summed E-state index contributed by atoms with van der Waals surface area (Å²) < 4.78 is 5.51. The van der Waals surface area contributed by atoms with Crippen LogP contribution in [0.25, 0.3) is 0 Å². The molecule has 1 aliphatic carbocycles. The number of hydrogen-bond donors (Lipinski definition) is 1. The van der Waals surface area contributed by atoms with Crippen molar-refractivity contribution < 1.29 is 14.3 Å². The predicted molar refractivity (Wildman–Crippen MR) is 89.8 cm³/mol. The van der Waals surface area contributed by atoms with Crippen molar-refractivity contribution in [2.45, 2.75) is 44.6 Å². The highest BCUT2D eigenvalue weighted by atomic mass is 16.5. The molecule has 3 aliphatic rings. The first-order valence-corrected chi connectivity index (χ1v) is 9.02. The van der Waals surface area contributed by atoms with Crippen LogP contribution in [0.5, 0.6) is 5.75 Å². The number of carbonyl (C=O) groups excluding carboxylic acids is 2. The van der Waals surface area contributed by atoms with Crippen molar-refractivity contribution in [3.63, 3.8) is 0 Å². The van der Waals surface area contributed by atoms with Crippen molar-refractivity contribution in [2.75, 3.05) is 19.7 Å². The Hall–Kier alpha value is -2.04. The molecule has 2 amide bonds. The van der Waals surface area contributed by atoms with E-state index in [-0.39, 0.29) is 17.7 Å². The van der Waals surface area contributed by atoms with Crippen molar-refractivity contribution in [3.8, 4) is 5.75 Å². The van der Waals surface area contributed by atoms with Crippen LogP contribution >= 0.6 is 0 Å². The number of amides is 2. The quantitative estimate of drug-likeness (QED) is 0.915. The molecule has 4 rings (SSSR count). The fraction of sp³-hybridized carbons (Fsp3) is 0.579. The second-order valence-corrected chi connectivity index (χ2v) is 7.16. The van der Waals surface area contributed by atoms with E-state index in [1.807, 2.05) is 17.0 Å². The first-order chi connectivity index (χ1) is 11.7. The van der Waals surface area contributed by atoms with Crippen molar-refractivity contribution in [1.29, 1.82) is 0 Å². The van der Waals surface area contributed by atoms with E-state index in [0.717, 1.165) is 50.0 Å². The minimum Gasteiger partial charge on any atom is -0.493 e. The number of piperidine rings is 1. The van der Waals surface area contributed by atoms with E-state index >= 15 is 0 Å². The number of benzene rings is 1. The van der Waals surface area contributed by atoms with Gasteiger partial charge in [-0.05, 0) is 42.9 Å². The molecule has 1 aromatic rings. The molecule has 1 saturated heterocycles. The van der Waals surface area contributed by atoms with Crippen molar-refractivity contribution in [3.05, 3.63) is 29.3 Å². The number of likely N-dealkylation sites (tertiary alicyclic amines) is 1. The summed E-state index contributed by atoms with van der Waals surface area (Å²) in [6.07, 6.45) is 5.17. The van der Waals surface area contributed by atoms with E-state index < -0.39 is 0 Å². The summed E-state index contributed by atoms with van der Waals surface area (Å²) in [4.78, 5) is 26.5. The molecular formula is C19H24N2O3. The van der Waals surface area contributed by atoms with Crippen LogP contribution in [0.3, 0.4) is 0 Å². The Kier molecular flexibility index (Phi) is 4.17. The Balaban J connectivity index is 1.29. The Morgan fingerprint density at radius 1 is 1.17 bits per heavy atom. The average molecular weight is 328 g/mol. The lowest BCUT2D eigenvalue weighted by molar-refractivity contribution is -0.135. The van der Waals surface area contributed by atoms with Gasteiger partial charge in [-0.3, -0.25) is 9.59 Å². The van der Waals surface area contributed by atoms with Gasteiger partial charge in [-0.25, -0.2) is 0 Å². The summed E-state index contributed by atoms with van der Waals surface area (Å²) in [6.45, 7) is 2.12. The van der Waals surface area contributed by atoms with Crippen LogP contribution in [0, 0.1) is 5.92 Å². The molecule has 2 heterocycles. The number of rotatable bonds is 4. The zero-order valence-corrected chi connectivity index (χ0v) is 13.9. The maximum atomic E-state index is 12.5. The standard InChI is InChI=1S/C19H24N2O3/c22-18(12-13-1-4-17-15(11-13)7-10-24-17)21-8-5-14(6-9-21)19(23)20-16-2-3-16/h1,4,11,14,16H,2-3,5-10,12H2,(H,20,23). The second kappa shape index (κ2) is 6.46. The molecule has 0 bridgehead atoms. The number of nitrogens with one attached hydrogen (secondary N) is 1. The summed E-state index contributed by atoms with van der Waals surface area (Å²) in [6, 6.07) is 6.47. The van der Waals surface area contributed by atoms with Gasteiger partial charge in [0.25, 0.3) is 0 Å². The zero-order chi connectivity index (χ0) is 16.5. The smallest absolute Gasteiger partial charge is 0.226 e. The summed E-state index contributed by atoms with van der Waals surface area (Å²) >= 11 is 0. The van der Waals surface area contributed by atoms with E-state index in [1.54, 1.807) is 0 Å². The third kappa shape index (κ3) is 3.40. The van der Waals surface area contributed by atoms with Crippen LogP contribution in [-0.2, 0) is 22.4 Å². The molecule has 0 spiro atoms. The van der Waals surface area contributed by atoms with Crippen molar-refractivity contribution in [1.82, 2.24) is 10.2 Å². The molecule has 2 aliphatic heterocycles. The normalized spacial score (nSPS) is 20.4. The maximum Gasteiger partial charge on any atom is 0.226 e. The van der Waals surface area contributed by atoms with E-state index in [9.17, 15) is 9.59 Å². The van der Waals surface area contributed by atoms with Crippen molar-refractivity contribution in [2.24, 2.45) is 5.92 Å². The van der Waals surface area contributed by atoms with E-state index in [2.05, 4.69) is 11.4 Å². The maximum absolute atomic E-state index is 12.5. The summed E-state index contributed by atoms with van der Waals surface area (Å²) in [7, 11) is 0. The summed E-state index contributed by atoms with van der Waals surface area (Å²) in [5, 5.41) is 3.08. The van der Waals surface area contributed by atoms with Gasteiger partial charge in [0, 0.05) is 31.5 Å². The van der Waals surface area contributed by atoms with Crippen LogP contribution < -0.4 is 10.1 Å². The van der Waals surface area contributed by atoms with Gasteiger partial charge in [0.1, 0.15) is 5.75 Å². The molecule has 128 valence electrons. The van der Waals surface area contributed by atoms with Crippen molar-refractivity contribution >= 4 is 11.8 Å². The predicted octanol–water partition coefficient (Wildman–Crippen LogP) is 1.68. The molecule has 5 heteroatoms. The zero-order valence-electron chi connectivity index (χ0n) is 13.9. The van der Waals surface area contributed by atoms with E-state index in [1.165, 1.54) is 5.56 Å². The topological polar surface area (TPSA) is 58.6 Å². The molecule has 2 fully saturated rings. The molecule has 1 aromatic carbocycles. The largest absolute Gasteiger partial charge is 0.493 e. The monoisotopic (exact) mass is 328 g/mol. The van der Waals surface area contributed by atoms with Crippen LogP contribution in [-0.4, -0.2) is 42.5 Å². The van der Waals surface area contributed by atoms with Gasteiger partial charge < -0.3 is 15.0 Å². The van der Waals surface area contributed by atoms with Gasteiger partial charge in [0.05, 0.1) is 13.0 Å². The lowest BCUT2D eigenvalue weighted by atomic mass is 9.95. The minimum absolute atomic E-state index is 0.0757. The Labute approximate surface area is 142 Å². The van der Waals surface area contributed by atoms with Crippen LogP contribution in [0.15, 0.2) is 18.2 Å². The first kappa shape index (κ1) is 15.5. The summed E-state index contributed by atoms with van der Waals surface area (Å²) in [5.74, 6) is 1.37. The van der Waals surface area contributed by atoms with E-state index in [0.29, 0.717) is 25.6 Å². The highest BCUT2D eigenvalue weighted by molar-refractivity contribution is 5.81. The van der Waals surface area contributed by atoms with Gasteiger partial charge in [-0.15, -0.1) is 0 Å².